The van der Waals surface area contributed by atoms with Crippen LogP contribution in [0.3, 0.4) is 0 Å². The Morgan fingerprint density at radius 3 is 2.63 bits per heavy atom. The molecule has 1 atom stereocenters. The molecule has 1 fully saturated rings. The van der Waals surface area contributed by atoms with Crippen molar-refractivity contribution in [2.45, 2.75) is 50.5 Å². The zero-order valence-corrected chi connectivity index (χ0v) is 15.8. The lowest BCUT2D eigenvalue weighted by Gasteiger charge is -2.25. The summed E-state index contributed by atoms with van der Waals surface area (Å²) in [7, 11) is 0. The number of halogens is 1. The van der Waals surface area contributed by atoms with Gasteiger partial charge in [-0.15, -0.1) is 0 Å². The lowest BCUT2D eigenvalue weighted by molar-refractivity contribution is -0.121. The molecule has 142 valence electrons. The Morgan fingerprint density at radius 2 is 1.96 bits per heavy atom. The number of nitrogens with zero attached hydrogens (tertiary/aromatic N) is 1. The summed E-state index contributed by atoms with van der Waals surface area (Å²) >= 11 is 1.17. The monoisotopic (exact) mass is 387 g/mol. The van der Waals surface area contributed by atoms with Crippen molar-refractivity contribution in [1.29, 1.82) is 5.26 Å². The number of thioether (sulfide) groups is 1. The Hall–Kier alpha value is -2.33. The molecule has 3 rings (SSSR count). The molecule has 0 unspecified atom stereocenters. The quantitative estimate of drug-likeness (QED) is 0.812. The van der Waals surface area contributed by atoms with Crippen LogP contribution in [-0.2, 0) is 9.59 Å². The van der Waals surface area contributed by atoms with E-state index in [4.69, 9.17) is 0 Å². The lowest BCUT2D eigenvalue weighted by atomic mass is 9.87. The first-order chi connectivity index (χ1) is 13.1. The summed E-state index contributed by atoms with van der Waals surface area (Å²) < 4.78 is 13.2. The summed E-state index contributed by atoms with van der Waals surface area (Å²) in [6.07, 6.45) is 5.63. The average Bonchev–Trinajstić information content (AvgIpc) is 2.67. The average molecular weight is 387 g/mol. The summed E-state index contributed by atoms with van der Waals surface area (Å²) in [5, 5.41) is 15.8. The van der Waals surface area contributed by atoms with Crippen LogP contribution >= 0.6 is 11.8 Å². The summed E-state index contributed by atoms with van der Waals surface area (Å²) in [6.45, 7) is 0. The van der Waals surface area contributed by atoms with Crippen molar-refractivity contribution in [3.63, 3.8) is 0 Å². The Labute approximate surface area is 162 Å². The molecule has 0 bridgehead atoms. The molecule has 7 heteroatoms. The standard InChI is InChI=1S/C20H22FN3O2S/c21-14-8-6-13(7-9-14)16-10-18(25)24-20(17(16)11-22)27-12-19(26)23-15-4-2-1-3-5-15/h6-9,15-16H,1-5,10,12H2,(H,23,26)(H,24,25)/t16-/m1/s1. The predicted octanol–water partition coefficient (Wildman–Crippen LogP) is 3.35. The van der Waals surface area contributed by atoms with Crippen LogP contribution in [0.2, 0.25) is 0 Å². The van der Waals surface area contributed by atoms with Gasteiger partial charge in [-0.1, -0.05) is 43.2 Å². The molecule has 2 N–H and O–H groups in total. The van der Waals surface area contributed by atoms with Gasteiger partial charge in [0, 0.05) is 18.4 Å². The van der Waals surface area contributed by atoms with Crippen LogP contribution < -0.4 is 10.6 Å². The minimum absolute atomic E-state index is 0.0881. The normalized spacial score (nSPS) is 20.7. The van der Waals surface area contributed by atoms with Gasteiger partial charge in [0.2, 0.25) is 11.8 Å². The van der Waals surface area contributed by atoms with Gasteiger partial charge in [0.15, 0.2) is 0 Å². The maximum atomic E-state index is 13.2. The van der Waals surface area contributed by atoms with Crippen LogP contribution in [0.4, 0.5) is 4.39 Å². The smallest absolute Gasteiger partial charge is 0.230 e. The highest BCUT2D eigenvalue weighted by atomic mass is 32.2. The molecule has 2 aliphatic rings. The summed E-state index contributed by atoms with van der Waals surface area (Å²) in [4.78, 5) is 24.3. The largest absolute Gasteiger partial charge is 0.353 e. The number of benzene rings is 1. The van der Waals surface area contributed by atoms with E-state index >= 15 is 0 Å². The lowest BCUT2D eigenvalue weighted by Crippen LogP contribution is -2.38. The van der Waals surface area contributed by atoms with Crippen molar-refractivity contribution in [2.24, 2.45) is 0 Å². The van der Waals surface area contributed by atoms with Crippen LogP contribution in [0.15, 0.2) is 34.9 Å². The second-order valence-corrected chi connectivity index (χ2v) is 7.89. The molecule has 1 aliphatic carbocycles. The van der Waals surface area contributed by atoms with Crippen molar-refractivity contribution >= 4 is 23.6 Å². The second kappa shape index (κ2) is 9.05. The highest BCUT2D eigenvalue weighted by molar-refractivity contribution is 8.03. The van der Waals surface area contributed by atoms with Gasteiger partial charge < -0.3 is 10.6 Å². The number of carbonyl (C=O) groups excluding carboxylic acids is 2. The van der Waals surface area contributed by atoms with Crippen molar-refractivity contribution in [3.8, 4) is 6.07 Å². The third-order valence-electron chi connectivity index (χ3n) is 4.95. The number of rotatable bonds is 5. The fourth-order valence-corrected chi connectivity index (χ4v) is 4.45. The van der Waals surface area contributed by atoms with Gasteiger partial charge in [-0.25, -0.2) is 4.39 Å². The molecule has 1 aromatic rings. The highest BCUT2D eigenvalue weighted by Crippen LogP contribution is 2.35. The molecule has 0 radical (unpaired) electrons. The van der Waals surface area contributed by atoms with Crippen LogP contribution in [0.1, 0.15) is 50.0 Å². The third kappa shape index (κ3) is 5.10. The molecule has 27 heavy (non-hydrogen) atoms. The number of amides is 2. The molecule has 1 aromatic carbocycles. The van der Waals surface area contributed by atoms with E-state index < -0.39 is 5.92 Å². The van der Waals surface area contributed by atoms with E-state index in [2.05, 4.69) is 16.7 Å². The minimum Gasteiger partial charge on any atom is -0.353 e. The molecule has 5 nitrogen and oxygen atoms in total. The van der Waals surface area contributed by atoms with Gasteiger partial charge in [-0.2, -0.15) is 5.26 Å². The van der Waals surface area contributed by atoms with E-state index in [9.17, 15) is 19.2 Å². The summed E-state index contributed by atoms with van der Waals surface area (Å²) in [5.41, 5.74) is 1.13. The Bertz CT molecular complexity index is 779. The Balaban J connectivity index is 1.69. The van der Waals surface area contributed by atoms with Crippen LogP contribution in [0.25, 0.3) is 0 Å². The van der Waals surface area contributed by atoms with Gasteiger partial charge in [-0.05, 0) is 30.5 Å². The molecule has 2 amide bonds. The molecule has 1 saturated carbocycles. The first-order valence-corrected chi connectivity index (χ1v) is 10.2. The van der Waals surface area contributed by atoms with Crippen molar-refractivity contribution in [1.82, 2.24) is 10.6 Å². The molecule has 1 heterocycles. The number of hydrogen-bond acceptors (Lipinski definition) is 4. The van der Waals surface area contributed by atoms with Gasteiger partial charge in [0.1, 0.15) is 5.82 Å². The molecule has 0 spiro atoms. The van der Waals surface area contributed by atoms with Crippen LogP contribution in [0, 0.1) is 17.1 Å². The highest BCUT2D eigenvalue weighted by Gasteiger charge is 2.30. The number of nitriles is 1. The molecular formula is C20H22FN3O2S. The van der Waals surface area contributed by atoms with Gasteiger partial charge in [0.05, 0.1) is 22.4 Å². The number of allylic oxidation sites excluding steroid dienone is 1. The Morgan fingerprint density at radius 1 is 1.26 bits per heavy atom. The number of hydrogen-bond donors (Lipinski definition) is 2. The predicted molar refractivity (Wildman–Crippen MR) is 102 cm³/mol. The maximum absolute atomic E-state index is 13.2. The molecule has 1 aliphatic heterocycles. The molecule has 0 aromatic heterocycles. The van der Waals surface area contributed by atoms with Crippen LogP contribution in [-0.4, -0.2) is 23.6 Å². The maximum Gasteiger partial charge on any atom is 0.230 e. The van der Waals surface area contributed by atoms with E-state index in [-0.39, 0.29) is 35.8 Å². The topological polar surface area (TPSA) is 82.0 Å². The SMILES string of the molecule is N#CC1=C(SCC(=O)NC2CCCCC2)NC(=O)C[C@@H]1c1ccc(F)cc1. The van der Waals surface area contributed by atoms with Crippen molar-refractivity contribution < 1.29 is 14.0 Å². The van der Waals surface area contributed by atoms with Gasteiger partial charge in [-0.3, -0.25) is 9.59 Å². The summed E-state index contributed by atoms with van der Waals surface area (Å²) in [5.74, 6) is -0.940. The van der Waals surface area contributed by atoms with Crippen LogP contribution in [0.5, 0.6) is 0 Å². The van der Waals surface area contributed by atoms with E-state index in [0.717, 1.165) is 25.7 Å². The van der Waals surface area contributed by atoms with Gasteiger partial charge in [0.25, 0.3) is 0 Å². The molecular weight excluding hydrogens is 365 g/mol. The van der Waals surface area contributed by atoms with E-state index in [0.29, 0.717) is 16.2 Å². The summed E-state index contributed by atoms with van der Waals surface area (Å²) in [6, 6.07) is 8.21. The van der Waals surface area contributed by atoms with E-state index in [1.54, 1.807) is 12.1 Å². The third-order valence-corrected chi connectivity index (χ3v) is 5.96. The zero-order valence-electron chi connectivity index (χ0n) is 15.0. The fraction of sp³-hybridized carbons (Fsp3) is 0.450. The van der Waals surface area contributed by atoms with Gasteiger partial charge >= 0.3 is 0 Å². The fourth-order valence-electron chi connectivity index (χ4n) is 3.57. The first kappa shape index (κ1) is 19.4. The second-order valence-electron chi connectivity index (χ2n) is 6.90. The van der Waals surface area contributed by atoms with Crippen molar-refractivity contribution in [2.75, 3.05) is 5.75 Å². The van der Waals surface area contributed by atoms with E-state index in [1.807, 2.05) is 0 Å². The minimum atomic E-state index is -0.423. The first-order valence-electron chi connectivity index (χ1n) is 9.18. The van der Waals surface area contributed by atoms with E-state index in [1.165, 1.54) is 30.3 Å². The number of carbonyl (C=O) groups is 2. The Kier molecular flexibility index (Phi) is 6.51. The molecule has 0 saturated heterocycles. The van der Waals surface area contributed by atoms with Crippen molar-refractivity contribution in [3.05, 3.63) is 46.2 Å². The zero-order chi connectivity index (χ0) is 19.2. The number of nitrogens with one attached hydrogen (secondary N) is 2.